The SMILES string of the molecule is C[S+]([O-])c1ccccc1-c1cc(C(F)(F)F)nn1NS(=O)(=O)c1ccccc1. The van der Waals surface area contributed by atoms with Crippen LogP contribution in [0.2, 0.25) is 0 Å². The van der Waals surface area contributed by atoms with E-state index in [1.54, 1.807) is 18.2 Å². The molecule has 1 unspecified atom stereocenters. The number of rotatable bonds is 5. The highest BCUT2D eigenvalue weighted by Crippen LogP contribution is 2.34. The molecule has 0 aliphatic carbocycles. The molecule has 11 heteroatoms. The van der Waals surface area contributed by atoms with Gasteiger partial charge >= 0.3 is 6.18 Å². The molecule has 1 aromatic heterocycles. The van der Waals surface area contributed by atoms with Crippen LogP contribution in [0.5, 0.6) is 0 Å². The first-order valence-electron chi connectivity index (χ1n) is 7.77. The minimum Gasteiger partial charge on any atom is -0.612 e. The molecule has 0 radical (unpaired) electrons. The molecule has 3 aromatic rings. The van der Waals surface area contributed by atoms with Gasteiger partial charge in [0.05, 0.1) is 16.2 Å². The number of sulfonamides is 1. The van der Waals surface area contributed by atoms with E-state index in [0.717, 1.165) is 0 Å². The highest BCUT2D eigenvalue weighted by atomic mass is 32.2. The van der Waals surface area contributed by atoms with Gasteiger partial charge in [0, 0.05) is 0 Å². The molecule has 1 N–H and O–H groups in total. The Morgan fingerprint density at radius 2 is 1.68 bits per heavy atom. The standard InChI is InChI=1S/C17H14F3N3O3S2/c1-27(24)15-10-6-5-9-13(15)14-11-16(17(18,19)20)21-23(14)22-28(25,26)12-7-3-2-4-8-12/h2-11,22H,1H3. The molecule has 0 aliphatic rings. The van der Waals surface area contributed by atoms with Crippen LogP contribution in [-0.2, 0) is 27.4 Å². The Bertz CT molecular complexity index is 1080. The van der Waals surface area contributed by atoms with Crippen LogP contribution in [0, 0.1) is 0 Å². The molecule has 0 amide bonds. The van der Waals surface area contributed by atoms with Gasteiger partial charge in [-0.05, 0) is 41.5 Å². The molecule has 0 fully saturated rings. The molecular formula is C17H14F3N3O3S2. The molecule has 0 aliphatic heterocycles. The molecule has 6 nitrogen and oxygen atoms in total. The lowest BCUT2D eigenvalue weighted by atomic mass is 10.1. The maximum atomic E-state index is 13.2. The van der Waals surface area contributed by atoms with Crippen LogP contribution in [0.4, 0.5) is 13.2 Å². The van der Waals surface area contributed by atoms with Crippen molar-refractivity contribution in [3.8, 4) is 11.3 Å². The van der Waals surface area contributed by atoms with Crippen LogP contribution in [0.25, 0.3) is 11.3 Å². The summed E-state index contributed by atoms with van der Waals surface area (Å²) in [4.78, 5) is 2.68. The van der Waals surface area contributed by atoms with Crippen molar-refractivity contribution in [1.29, 1.82) is 0 Å². The molecule has 0 saturated heterocycles. The Balaban J connectivity index is 2.15. The van der Waals surface area contributed by atoms with Gasteiger partial charge in [-0.3, -0.25) is 0 Å². The summed E-state index contributed by atoms with van der Waals surface area (Å²) in [5.74, 6) is 0. The third kappa shape index (κ3) is 4.16. The van der Waals surface area contributed by atoms with Crippen molar-refractivity contribution in [3.63, 3.8) is 0 Å². The predicted molar refractivity (Wildman–Crippen MR) is 98.0 cm³/mol. The number of hydrogen-bond donors (Lipinski definition) is 1. The third-order valence-electron chi connectivity index (χ3n) is 3.73. The van der Waals surface area contributed by atoms with E-state index >= 15 is 0 Å². The molecule has 28 heavy (non-hydrogen) atoms. The molecule has 3 rings (SSSR count). The average Bonchev–Trinajstić information content (AvgIpc) is 3.06. The van der Waals surface area contributed by atoms with E-state index in [2.05, 4.69) is 5.10 Å². The topological polar surface area (TPSA) is 87.1 Å². The zero-order valence-corrected chi connectivity index (χ0v) is 16.0. The number of alkyl halides is 3. The van der Waals surface area contributed by atoms with Gasteiger partial charge in [-0.1, -0.05) is 30.3 Å². The molecule has 0 spiro atoms. The predicted octanol–water partition coefficient (Wildman–Crippen LogP) is 3.24. The van der Waals surface area contributed by atoms with E-state index < -0.39 is 33.1 Å². The van der Waals surface area contributed by atoms with Crippen LogP contribution < -0.4 is 4.83 Å². The van der Waals surface area contributed by atoms with Crippen molar-refractivity contribution in [2.75, 3.05) is 11.1 Å². The number of halogens is 3. The van der Waals surface area contributed by atoms with E-state index in [1.165, 1.54) is 42.7 Å². The highest BCUT2D eigenvalue weighted by molar-refractivity contribution is 7.92. The quantitative estimate of drug-likeness (QED) is 0.631. The minimum absolute atomic E-state index is 0.141. The maximum absolute atomic E-state index is 13.2. The second kappa shape index (κ2) is 7.49. The summed E-state index contributed by atoms with van der Waals surface area (Å²) in [6.07, 6.45) is -3.42. The summed E-state index contributed by atoms with van der Waals surface area (Å²) in [5.41, 5.74) is -1.30. The second-order valence-electron chi connectivity index (χ2n) is 5.68. The molecule has 1 atom stereocenters. The van der Waals surface area contributed by atoms with Crippen molar-refractivity contribution in [3.05, 3.63) is 66.4 Å². The molecule has 2 aromatic carbocycles. The first-order chi connectivity index (χ1) is 13.1. The Morgan fingerprint density at radius 1 is 1.07 bits per heavy atom. The van der Waals surface area contributed by atoms with Gasteiger partial charge in [0.25, 0.3) is 10.0 Å². The van der Waals surface area contributed by atoms with Gasteiger partial charge in [-0.2, -0.15) is 31.2 Å². The van der Waals surface area contributed by atoms with Crippen molar-refractivity contribution in [2.24, 2.45) is 0 Å². The summed E-state index contributed by atoms with van der Waals surface area (Å²) in [6.45, 7) is 0. The lowest BCUT2D eigenvalue weighted by molar-refractivity contribution is -0.141. The molecule has 0 bridgehead atoms. The van der Waals surface area contributed by atoms with Crippen LogP contribution in [0.15, 0.2) is 70.5 Å². The van der Waals surface area contributed by atoms with Crippen molar-refractivity contribution in [2.45, 2.75) is 16.0 Å². The fourth-order valence-corrected chi connectivity index (χ4v) is 4.22. The fourth-order valence-electron chi connectivity index (χ4n) is 2.48. The highest BCUT2D eigenvalue weighted by Gasteiger charge is 2.36. The minimum atomic E-state index is -4.79. The van der Waals surface area contributed by atoms with Gasteiger partial charge in [-0.15, -0.1) is 5.10 Å². The molecular weight excluding hydrogens is 415 g/mol. The summed E-state index contributed by atoms with van der Waals surface area (Å²) >= 11 is -1.52. The maximum Gasteiger partial charge on any atom is 0.435 e. The fraction of sp³-hybridized carbons (Fsp3) is 0.118. The van der Waals surface area contributed by atoms with E-state index in [9.17, 15) is 26.1 Å². The van der Waals surface area contributed by atoms with Crippen molar-refractivity contribution >= 4 is 21.2 Å². The smallest absolute Gasteiger partial charge is 0.435 e. The number of benzene rings is 2. The molecule has 148 valence electrons. The van der Waals surface area contributed by atoms with Crippen LogP contribution in [0.1, 0.15) is 5.69 Å². The zero-order valence-electron chi connectivity index (χ0n) is 14.3. The summed E-state index contributed by atoms with van der Waals surface area (Å²) in [7, 11) is -4.20. The largest absolute Gasteiger partial charge is 0.612 e. The lowest BCUT2D eigenvalue weighted by Gasteiger charge is -2.13. The number of nitrogens with one attached hydrogen (secondary N) is 1. The average molecular weight is 429 g/mol. The lowest BCUT2D eigenvalue weighted by Crippen LogP contribution is -2.25. The van der Waals surface area contributed by atoms with E-state index in [-0.39, 0.29) is 21.0 Å². The van der Waals surface area contributed by atoms with Crippen LogP contribution in [0.3, 0.4) is 0 Å². The summed E-state index contributed by atoms with van der Waals surface area (Å²) in [6, 6.07) is 13.9. The number of nitrogens with zero attached hydrogens (tertiary/aromatic N) is 2. The summed E-state index contributed by atoms with van der Waals surface area (Å²) < 4.78 is 76.7. The first-order valence-corrected chi connectivity index (χ1v) is 10.8. The van der Waals surface area contributed by atoms with Crippen molar-refractivity contribution < 1.29 is 26.1 Å². The Morgan fingerprint density at radius 3 is 2.29 bits per heavy atom. The molecule has 1 heterocycles. The number of hydrogen-bond acceptors (Lipinski definition) is 4. The van der Waals surface area contributed by atoms with Crippen LogP contribution >= 0.6 is 0 Å². The number of aromatic nitrogens is 2. The Kier molecular flexibility index (Phi) is 5.41. The van der Waals surface area contributed by atoms with Gasteiger partial charge in [0.1, 0.15) is 6.26 Å². The van der Waals surface area contributed by atoms with Gasteiger partial charge < -0.3 is 4.55 Å². The van der Waals surface area contributed by atoms with Gasteiger partial charge in [0.15, 0.2) is 10.6 Å². The van der Waals surface area contributed by atoms with E-state index in [1.807, 2.05) is 4.83 Å². The second-order valence-corrected chi connectivity index (χ2v) is 8.69. The normalized spacial score (nSPS) is 13.3. The Hall–Kier alpha value is -2.50. The van der Waals surface area contributed by atoms with Gasteiger partial charge in [-0.25, -0.2) is 0 Å². The van der Waals surface area contributed by atoms with E-state index in [4.69, 9.17) is 0 Å². The zero-order chi connectivity index (χ0) is 20.5. The van der Waals surface area contributed by atoms with Gasteiger partial charge in [0.2, 0.25) is 0 Å². The Labute approximate surface area is 162 Å². The van der Waals surface area contributed by atoms with E-state index in [0.29, 0.717) is 10.9 Å². The monoisotopic (exact) mass is 429 g/mol. The molecule has 0 saturated carbocycles. The summed E-state index contributed by atoms with van der Waals surface area (Å²) in [5, 5.41) is 3.37. The van der Waals surface area contributed by atoms with Crippen molar-refractivity contribution in [1.82, 2.24) is 9.89 Å². The van der Waals surface area contributed by atoms with Crippen LogP contribution in [-0.4, -0.2) is 29.1 Å². The first kappa shape index (κ1) is 20.2. The third-order valence-corrected chi connectivity index (χ3v) is 6.01.